The second-order valence-electron chi connectivity index (χ2n) is 6.13. The largest absolute Gasteiger partial charge is 0.466 e. The molecule has 0 spiro atoms. The van der Waals surface area contributed by atoms with Crippen molar-refractivity contribution in [2.75, 3.05) is 7.11 Å². The molecule has 1 aliphatic rings. The van der Waals surface area contributed by atoms with Crippen molar-refractivity contribution in [3.63, 3.8) is 0 Å². The van der Waals surface area contributed by atoms with Gasteiger partial charge in [-0.3, -0.25) is 0 Å². The smallest absolute Gasteiger partial charge is 0.337 e. The van der Waals surface area contributed by atoms with E-state index >= 15 is 0 Å². The second-order valence-corrected chi connectivity index (χ2v) is 6.13. The molecule has 1 aliphatic heterocycles. The minimum atomic E-state index is -0.943. The Hall–Kier alpha value is -3.47. The van der Waals surface area contributed by atoms with Gasteiger partial charge >= 0.3 is 11.9 Å². The molecule has 0 saturated heterocycles. The van der Waals surface area contributed by atoms with E-state index < -0.39 is 17.9 Å². The number of dihydropyridines is 1. The molecular weight excluding hydrogens is 350 g/mol. The lowest BCUT2D eigenvalue weighted by Gasteiger charge is -2.29. The predicted octanol–water partition coefficient (Wildman–Crippen LogP) is 2.95. The molecule has 1 atom stereocenters. The molecule has 1 heterocycles. The molecule has 27 heavy (non-hydrogen) atoms. The third-order valence-corrected chi connectivity index (χ3v) is 3.95. The summed E-state index contributed by atoms with van der Waals surface area (Å²) >= 11 is 0. The van der Waals surface area contributed by atoms with E-state index in [-0.39, 0.29) is 28.6 Å². The van der Waals surface area contributed by atoms with Crippen LogP contribution in [0.15, 0.2) is 52.0 Å². The van der Waals surface area contributed by atoms with Gasteiger partial charge in [-0.25, -0.2) is 9.59 Å². The van der Waals surface area contributed by atoms with Gasteiger partial charge in [0.25, 0.3) is 0 Å². The molecular formula is C19H19N3O5. The van der Waals surface area contributed by atoms with Crippen molar-refractivity contribution < 1.29 is 19.1 Å². The van der Waals surface area contributed by atoms with Crippen LogP contribution in [0, 0.1) is 16.2 Å². The van der Waals surface area contributed by atoms with Crippen molar-refractivity contribution in [2.24, 2.45) is 5.18 Å². The normalized spacial score (nSPS) is 16.5. The van der Waals surface area contributed by atoms with Gasteiger partial charge in [-0.05, 0) is 43.6 Å². The van der Waals surface area contributed by atoms with E-state index in [4.69, 9.17) is 9.47 Å². The van der Waals surface area contributed by atoms with Crippen molar-refractivity contribution >= 4 is 17.6 Å². The zero-order valence-corrected chi connectivity index (χ0v) is 15.4. The number of hydrogen-bond donors (Lipinski definition) is 1. The number of ether oxygens (including phenoxy) is 2. The number of benzene rings is 1. The molecule has 8 heteroatoms. The summed E-state index contributed by atoms with van der Waals surface area (Å²) in [6, 6.07) is 8.09. The maximum Gasteiger partial charge on any atom is 0.337 e. The van der Waals surface area contributed by atoms with E-state index in [9.17, 15) is 19.8 Å². The zero-order valence-electron chi connectivity index (χ0n) is 15.4. The van der Waals surface area contributed by atoms with E-state index in [1.54, 1.807) is 32.9 Å². The molecule has 0 fully saturated rings. The van der Waals surface area contributed by atoms with Gasteiger partial charge in [-0.1, -0.05) is 12.1 Å². The van der Waals surface area contributed by atoms with Gasteiger partial charge in [-0.15, -0.1) is 4.91 Å². The highest BCUT2D eigenvalue weighted by atomic mass is 16.5. The Morgan fingerprint density at radius 1 is 1.26 bits per heavy atom. The number of hydrogen-bond acceptors (Lipinski definition) is 8. The molecule has 1 aromatic carbocycles. The van der Waals surface area contributed by atoms with Crippen LogP contribution < -0.4 is 5.32 Å². The number of carbonyl (C=O) groups is 2. The number of rotatable bonds is 5. The SMILES string of the molecule is COC(=O)C1=C(C#N)NC(C)=C(C(=O)OC(C)C)[C@@H]1c1cccc(N=O)c1. The van der Waals surface area contributed by atoms with Gasteiger partial charge < -0.3 is 14.8 Å². The molecule has 0 amide bonds. The summed E-state index contributed by atoms with van der Waals surface area (Å²) in [5, 5.41) is 15.1. The number of methoxy groups -OCH3 is 1. The lowest BCUT2D eigenvalue weighted by atomic mass is 9.80. The van der Waals surface area contributed by atoms with Crippen LogP contribution in [0.4, 0.5) is 5.69 Å². The molecule has 0 aromatic heterocycles. The Morgan fingerprint density at radius 3 is 2.52 bits per heavy atom. The average Bonchev–Trinajstić information content (AvgIpc) is 2.65. The van der Waals surface area contributed by atoms with E-state index in [2.05, 4.69) is 10.5 Å². The summed E-state index contributed by atoms with van der Waals surface area (Å²) in [5.41, 5.74) is 1.03. The number of carbonyl (C=O) groups excluding carboxylic acids is 2. The molecule has 2 rings (SSSR count). The van der Waals surface area contributed by atoms with Crippen LogP contribution in [0.3, 0.4) is 0 Å². The summed E-state index contributed by atoms with van der Waals surface area (Å²) in [4.78, 5) is 36.1. The lowest BCUT2D eigenvalue weighted by molar-refractivity contribution is -0.143. The monoisotopic (exact) mass is 369 g/mol. The quantitative estimate of drug-likeness (QED) is 0.626. The Morgan fingerprint density at radius 2 is 1.96 bits per heavy atom. The highest BCUT2D eigenvalue weighted by molar-refractivity contribution is 6.00. The molecule has 1 aromatic rings. The van der Waals surface area contributed by atoms with Crippen molar-refractivity contribution in [1.29, 1.82) is 5.26 Å². The van der Waals surface area contributed by atoms with Gasteiger partial charge in [0.15, 0.2) is 0 Å². The van der Waals surface area contributed by atoms with Gasteiger partial charge in [0.1, 0.15) is 17.5 Å². The highest BCUT2D eigenvalue weighted by Gasteiger charge is 2.39. The van der Waals surface area contributed by atoms with Crippen LogP contribution in [-0.2, 0) is 19.1 Å². The van der Waals surface area contributed by atoms with E-state index in [0.29, 0.717) is 11.3 Å². The van der Waals surface area contributed by atoms with Gasteiger partial charge in [0.05, 0.1) is 30.3 Å². The third kappa shape index (κ3) is 4.03. The number of nitriles is 1. The van der Waals surface area contributed by atoms with Crippen molar-refractivity contribution in [3.05, 3.63) is 57.3 Å². The predicted molar refractivity (Wildman–Crippen MR) is 96.4 cm³/mol. The Bertz CT molecular complexity index is 893. The van der Waals surface area contributed by atoms with Crippen molar-refractivity contribution in [2.45, 2.75) is 32.8 Å². The minimum Gasteiger partial charge on any atom is -0.466 e. The molecule has 1 N–H and O–H groups in total. The van der Waals surface area contributed by atoms with E-state index in [1.807, 2.05) is 6.07 Å². The number of nitrogens with one attached hydrogen (secondary N) is 1. The Kier molecular flexibility index (Phi) is 6.08. The van der Waals surface area contributed by atoms with Crippen LogP contribution in [-0.4, -0.2) is 25.2 Å². The molecule has 140 valence electrons. The number of nitrogens with zero attached hydrogens (tertiary/aromatic N) is 2. The van der Waals surface area contributed by atoms with Gasteiger partial charge in [0, 0.05) is 5.70 Å². The first-order valence-electron chi connectivity index (χ1n) is 8.18. The van der Waals surface area contributed by atoms with Crippen LogP contribution in [0.2, 0.25) is 0 Å². The minimum absolute atomic E-state index is 0.0325. The van der Waals surface area contributed by atoms with Gasteiger partial charge in [0.2, 0.25) is 0 Å². The summed E-state index contributed by atoms with van der Waals surface area (Å²) in [7, 11) is 1.18. The molecule has 8 nitrogen and oxygen atoms in total. The Labute approximate surface area is 156 Å². The van der Waals surface area contributed by atoms with Crippen LogP contribution in [0.1, 0.15) is 32.3 Å². The standard InChI is InChI=1S/C19H19N3O5/c1-10(2)27-19(24)15-11(3)21-14(9-20)17(18(23)26-4)16(15)12-6-5-7-13(8-12)22-25/h5-8,10,16,21H,1-4H3/t16-/m0/s1. The van der Waals surface area contributed by atoms with Gasteiger partial charge in [-0.2, -0.15) is 5.26 Å². The Balaban J connectivity index is 2.74. The summed E-state index contributed by atoms with van der Waals surface area (Å²) in [6.07, 6.45) is -0.385. The number of nitroso groups, excluding NO2 is 1. The summed E-state index contributed by atoms with van der Waals surface area (Å²) in [5.74, 6) is -2.35. The molecule has 0 aliphatic carbocycles. The van der Waals surface area contributed by atoms with Crippen LogP contribution in [0.25, 0.3) is 0 Å². The summed E-state index contributed by atoms with van der Waals surface area (Å²) < 4.78 is 10.1. The highest BCUT2D eigenvalue weighted by Crippen LogP contribution is 2.40. The first-order valence-corrected chi connectivity index (χ1v) is 8.18. The maximum absolute atomic E-state index is 12.7. The maximum atomic E-state index is 12.7. The fraction of sp³-hybridized carbons (Fsp3) is 0.316. The topological polar surface area (TPSA) is 118 Å². The van der Waals surface area contributed by atoms with E-state index in [0.717, 1.165) is 0 Å². The first kappa shape index (κ1) is 19.8. The third-order valence-electron chi connectivity index (χ3n) is 3.95. The number of allylic oxidation sites excluding steroid dienone is 2. The van der Waals surface area contributed by atoms with Crippen LogP contribution >= 0.6 is 0 Å². The molecule has 0 unspecified atom stereocenters. The summed E-state index contributed by atoms with van der Waals surface area (Å²) in [6.45, 7) is 5.01. The first-order chi connectivity index (χ1) is 12.8. The van der Waals surface area contributed by atoms with Crippen LogP contribution in [0.5, 0.6) is 0 Å². The number of esters is 2. The second kappa shape index (κ2) is 8.27. The lowest BCUT2D eigenvalue weighted by Crippen LogP contribution is -2.33. The molecule has 0 saturated carbocycles. The van der Waals surface area contributed by atoms with Crippen molar-refractivity contribution in [3.8, 4) is 6.07 Å². The average molecular weight is 369 g/mol. The molecule has 0 bridgehead atoms. The molecule has 0 radical (unpaired) electrons. The fourth-order valence-corrected chi connectivity index (χ4v) is 2.89. The fourth-order valence-electron chi connectivity index (χ4n) is 2.89. The zero-order chi connectivity index (χ0) is 20.1. The van der Waals surface area contributed by atoms with E-state index in [1.165, 1.54) is 19.2 Å². The van der Waals surface area contributed by atoms with Crippen molar-refractivity contribution in [1.82, 2.24) is 5.32 Å².